The molecule has 0 saturated carbocycles. The summed E-state index contributed by atoms with van der Waals surface area (Å²) in [4.78, 5) is 11.6. The average molecular weight is 456 g/mol. The highest BCUT2D eigenvalue weighted by atomic mass is 35.5. The summed E-state index contributed by atoms with van der Waals surface area (Å²) < 4.78 is 18.0. The Kier molecular flexibility index (Phi) is 6.59. The van der Waals surface area contributed by atoms with Crippen molar-refractivity contribution in [1.82, 2.24) is 14.8 Å². The van der Waals surface area contributed by atoms with E-state index in [9.17, 15) is 4.79 Å². The standard InChI is InChI=1S/C22H18ClN3O4S/c1-28-21(27)19-12-11-16(30-19)14-31-22-25-24-20(26(22)15-7-3-2-4-8-15)13-29-18-10-6-5-9-17(18)23/h2-12H,13-14H2,1H3. The molecule has 0 aliphatic heterocycles. The van der Waals surface area contributed by atoms with E-state index >= 15 is 0 Å². The third-order valence-electron chi connectivity index (χ3n) is 4.30. The molecule has 2 aromatic carbocycles. The first kappa shape index (κ1) is 21.0. The Morgan fingerprint density at radius 1 is 1.06 bits per heavy atom. The number of benzene rings is 2. The number of rotatable bonds is 8. The van der Waals surface area contributed by atoms with Gasteiger partial charge in [0.15, 0.2) is 11.0 Å². The van der Waals surface area contributed by atoms with Crippen LogP contribution in [0.1, 0.15) is 22.1 Å². The number of thioether (sulfide) groups is 1. The molecule has 0 fully saturated rings. The van der Waals surface area contributed by atoms with Gasteiger partial charge in [-0.3, -0.25) is 4.57 Å². The van der Waals surface area contributed by atoms with Crippen LogP contribution in [0, 0.1) is 0 Å². The van der Waals surface area contributed by atoms with Crippen molar-refractivity contribution in [1.29, 1.82) is 0 Å². The van der Waals surface area contributed by atoms with Crippen LogP contribution < -0.4 is 4.74 Å². The topological polar surface area (TPSA) is 79.4 Å². The van der Waals surface area contributed by atoms with Gasteiger partial charge in [-0.1, -0.05) is 53.7 Å². The fraction of sp³-hybridized carbons (Fsp3) is 0.136. The summed E-state index contributed by atoms with van der Waals surface area (Å²) in [5, 5.41) is 9.84. The molecule has 0 saturated heterocycles. The lowest BCUT2D eigenvalue weighted by Crippen LogP contribution is -2.06. The van der Waals surface area contributed by atoms with Gasteiger partial charge in [-0.05, 0) is 36.4 Å². The van der Waals surface area contributed by atoms with E-state index in [2.05, 4.69) is 14.9 Å². The number of para-hydroxylation sites is 2. The van der Waals surface area contributed by atoms with Gasteiger partial charge < -0.3 is 13.9 Å². The largest absolute Gasteiger partial charge is 0.484 e. The SMILES string of the molecule is COC(=O)c1ccc(CSc2nnc(COc3ccccc3Cl)n2-c2ccccc2)o1. The summed E-state index contributed by atoms with van der Waals surface area (Å²) in [6.45, 7) is 0.194. The minimum Gasteiger partial charge on any atom is -0.484 e. The molecule has 4 rings (SSSR count). The highest BCUT2D eigenvalue weighted by molar-refractivity contribution is 7.98. The fourth-order valence-corrected chi connectivity index (χ4v) is 3.88. The molecule has 0 radical (unpaired) electrons. The van der Waals surface area contributed by atoms with Crippen molar-refractivity contribution in [2.24, 2.45) is 0 Å². The van der Waals surface area contributed by atoms with Gasteiger partial charge in [0.1, 0.15) is 18.1 Å². The van der Waals surface area contributed by atoms with Crippen LogP contribution in [-0.4, -0.2) is 27.8 Å². The maximum atomic E-state index is 11.6. The Labute approximate surface area is 187 Å². The van der Waals surface area contributed by atoms with Crippen LogP contribution in [0.15, 0.2) is 76.3 Å². The van der Waals surface area contributed by atoms with E-state index in [1.807, 2.05) is 47.0 Å². The molecule has 7 nitrogen and oxygen atoms in total. The van der Waals surface area contributed by atoms with Crippen molar-refractivity contribution in [3.05, 3.63) is 89.1 Å². The van der Waals surface area contributed by atoms with E-state index in [1.54, 1.807) is 24.3 Å². The van der Waals surface area contributed by atoms with Gasteiger partial charge in [0.05, 0.1) is 17.9 Å². The summed E-state index contributed by atoms with van der Waals surface area (Å²) in [5.74, 6) is 1.95. The molecule has 0 atom stereocenters. The van der Waals surface area contributed by atoms with Crippen LogP contribution in [0.25, 0.3) is 5.69 Å². The molecule has 9 heteroatoms. The smallest absolute Gasteiger partial charge is 0.373 e. The van der Waals surface area contributed by atoms with Crippen LogP contribution in [0.3, 0.4) is 0 Å². The highest BCUT2D eigenvalue weighted by Crippen LogP contribution is 2.28. The molecule has 31 heavy (non-hydrogen) atoms. The second-order valence-electron chi connectivity index (χ2n) is 6.34. The summed E-state index contributed by atoms with van der Waals surface area (Å²) in [6.07, 6.45) is 0. The summed E-state index contributed by atoms with van der Waals surface area (Å²) in [5.41, 5.74) is 0.905. The second-order valence-corrected chi connectivity index (χ2v) is 7.68. The number of aromatic nitrogens is 3. The lowest BCUT2D eigenvalue weighted by molar-refractivity contribution is 0.0563. The summed E-state index contributed by atoms with van der Waals surface area (Å²) in [7, 11) is 1.31. The lowest BCUT2D eigenvalue weighted by Gasteiger charge is -2.11. The van der Waals surface area contributed by atoms with Crippen molar-refractivity contribution in [3.8, 4) is 11.4 Å². The molecule has 4 aromatic rings. The van der Waals surface area contributed by atoms with Gasteiger partial charge in [-0.25, -0.2) is 4.79 Å². The first-order valence-corrected chi connectivity index (χ1v) is 10.7. The number of halogens is 1. The van der Waals surface area contributed by atoms with Gasteiger partial charge in [0, 0.05) is 5.69 Å². The predicted molar refractivity (Wildman–Crippen MR) is 117 cm³/mol. The van der Waals surface area contributed by atoms with Crippen LogP contribution in [0.2, 0.25) is 5.02 Å². The predicted octanol–water partition coefficient (Wildman–Crippen LogP) is 5.17. The number of hydrogen-bond donors (Lipinski definition) is 0. The average Bonchev–Trinajstić information content (AvgIpc) is 3.44. The van der Waals surface area contributed by atoms with Crippen molar-refractivity contribution < 1.29 is 18.7 Å². The number of furan rings is 1. The normalized spacial score (nSPS) is 10.8. The van der Waals surface area contributed by atoms with Crippen LogP contribution in [-0.2, 0) is 17.1 Å². The molecular formula is C22H18ClN3O4S. The summed E-state index contributed by atoms with van der Waals surface area (Å²) in [6, 6.07) is 20.4. The van der Waals surface area contributed by atoms with E-state index in [1.165, 1.54) is 18.9 Å². The minimum absolute atomic E-state index is 0.163. The fourth-order valence-electron chi connectivity index (χ4n) is 2.83. The number of carbonyl (C=O) groups is 1. The maximum absolute atomic E-state index is 11.6. The molecule has 0 aliphatic rings. The van der Waals surface area contributed by atoms with Gasteiger partial charge in [0.2, 0.25) is 5.76 Å². The zero-order valence-electron chi connectivity index (χ0n) is 16.5. The number of esters is 1. The van der Waals surface area contributed by atoms with Crippen molar-refractivity contribution in [3.63, 3.8) is 0 Å². The Morgan fingerprint density at radius 3 is 2.61 bits per heavy atom. The van der Waals surface area contributed by atoms with E-state index in [0.717, 1.165) is 5.69 Å². The Hall–Kier alpha value is -3.23. The van der Waals surface area contributed by atoms with Crippen molar-refractivity contribution >= 4 is 29.3 Å². The molecule has 0 unspecified atom stereocenters. The van der Waals surface area contributed by atoms with E-state index in [4.69, 9.17) is 20.8 Å². The first-order valence-electron chi connectivity index (χ1n) is 9.32. The molecule has 2 heterocycles. The van der Waals surface area contributed by atoms with Crippen molar-refractivity contribution in [2.75, 3.05) is 7.11 Å². The molecule has 158 valence electrons. The van der Waals surface area contributed by atoms with Gasteiger partial charge in [0.25, 0.3) is 0 Å². The molecule has 0 bridgehead atoms. The second kappa shape index (κ2) is 9.72. The third kappa shape index (κ3) is 4.92. The van der Waals surface area contributed by atoms with E-state index in [0.29, 0.717) is 33.3 Å². The Morgan fingerprint density at radius 2 is 1.84 bits per heavy atom. The maximum Gasteiger partial charge on any atom is 0.373 e. The molecular weight excluding hydrogens is 438 g/mol. The number of ether oxygens (including phenoxy) is 2. The minimum atomic E-state index is -0.511. The van der Waals surface area contributed by atoms with Gasteiger partial charge in [-0.15, -0.1) is 10.2 Å². The lowest BCUT2D eigenvalue weighted by atomic mass is 10.3. The monoisotopic (exact) mass is 455 g/mol. The molecule has 0 amide bonds. The van der Waals surface area contributed by atoms with Gasteiger partial charge >= 0.3 is 5.97 Å². The van der Waals surface area contributed by atoms with E-state index in [-0.39, 0.29) is 12.4 Å². The van der Waals surface area contributed by atoms with Gasteiger partial charge in [-0.2, -0.15) is 0 Å². The zero-order chi connectivity index (χ0) is 21.6. The Balaban J connectivity index is 1.55. The number of carbonyl (C=O) groups excluding carboxylic acids is 1. The highest BCUT2D eigenvalue weighted by Gasteiger charge is 2.17. The number of methoxy groups -OCH3 is 1. The zero-order valence-corrected chi connectivity index (χ0v) is 18.1. The molecule has 0 aliphatic carbocycles. The first-order chi connectivity index (χ1) is 15.2. The number of nitrogens with zero attached hydrogens (tertiary/aromatic N) is 3. The molecule has 0 spiro atoms. The third-order valence-corrected chi connectivity index (χ3v) is 5.56. The van der Waals surface area contributed by atoms with Crippen LogP contribution in [0.5, 0.6) is 5.75 Å². The molecule has 2 aromatic heterocycles. The molecule has 0 N–H and O–H groups in total. The summed E-state index contributed by atoms with van der Waals surface area (Å²) >= 11 is 7.62. The van der Waals surface area contributed by atoms with Crippen LogP contribution >= 0.6 is 23.4 Å². The quantitative estimate of drug-likeness (QED) is 0.268. The van der Waals surface area contributed by atoms with Crippen molar-refractivity contribution in [2.45, 2.75) is 17.5 Å². The van der Waals surface area contributed by atoms with E-state index < -0.39 is 5.97 Å². The number of hydrogen-bond acceptors (Lipinski definition) is 7. The van der Waals surface area contributed by atoms with Crippen LogP contribution in [0.4, 0.5) is 0 Å². The Bertz CT molecular complexity index is 1180.